The van der Waals surface area contributed by atoms with Crippen molar-refractivity contribution in [3.8, 4) is 0 Å². The first-order chi connectivity index (χ1) is 8.25. The number of nitrogens with one attached hydrogen (secondary N) is 1. The number of imidazole rings is 1. The van der Waals surface area contributed by atoms with Gasteiger partial charge in [-0.15, -0.1) is 0 Å². The maximum absolute atomic E-state index is 11.9. The Hall–Kier alpha value is -2.10. The van der Waals surface area contributed by atoms with E-state index in [1.165, 1.54) is 0 Å². The standard InChI is InChI=1S/C13H13N3O/c1-16-7-6-14-12(16)8-10-9-4-2-3-5-11(9)15-13(10)17/h2-7,10H,8H2,1H3,(H,15,17)/t10-/m0/s1. The Morgan fingerprint density at radius 2 is 2.24 bits per heavy atom. The van der Waals surface area contributed by atoms with Gasteiger partial charge < -0.3 is 9.88 Å². The molecule has 1 aromatic carbocycles. The predicted octanol–water partition coefficient (Wildman–Crippen LogP) is 1.70. The van der Waals surface area contributed by atoms with Crippen LogP contribution in [0.2, 0.25) is 0 Å². The van der Waals surface area contributed by atoms with Crippen molar-refractivity contribution in [2.45, 2.75) is 12.3 Å². The molecule has 0 spiro atoms. The number of aromatic nitrogens is 2. The fourth-order valence-corrected chi connectivity index (χ4v) is 2.25. The molecule has 1 amide bonds. The Morgan fingerprint density at radius 1 is 1.41 bits per heavy atom. The van der Waals surface area contributed by atoms with Gasteiger partial charge in [0.1, 0.15) is 5.82 Å². The molecule has 3 rings (SSSR count). The Labute approximate surface area is 99.3 Å². The molecule has 1 atom stereocenters. The van der Waals surface area contributed by atoms with Crippen LogP contribution in [0, 0.1) is 0 Å². The van der Waals surface area contributed by atoms with E-state index in [9.17, 15) is 4.79 Å². The second-order valence-electron chi connectivity index (χ2n) is 4.29. The highest BCUT2D eigenvalue weighted by molar-refractivity contribution is 6.02. The molecule has 4 heteroatoms. The molecule has 1 aromatic heterocycles. The monoisotopic (exact) mass is 227 g/mol. The quantitative estimate of drug-likeness (QED) is 0.848. The van der Waals surface area contributed by atoms with E-state index in [4.69, 9.17) is 0 Å². The number of hydrogen-bond donors (Lipinski definition) is 1. The average Bonchev–Trinajstić information content (AvgIpc) is 2.85. The number of aryl methyl sites for hydroxylation is 1. The summed E-state index contributed by atoms with van der Waals surface area (Å²) in [4.78, 5) is 16.2. The maximum atomic E-state index is 11.9. The first kappa shape index (κ1) is 10.1. The molecular formula is C13H13N3O. The zero-order valence-corrected chi connectivity index (χ0v) is 9.55. The van der Waals surface area contributed by atoms with Crippen LogP contribution in [-0.2, 0) is 18.3 Å². The third-order valence-corrected chi connectivity index (χ3v) is 3.22. The first-order valence-corrected chi connectivity index (χ1v) is 5.61. The molecule has 0 radical (unpaired) electrons. The zero-order chi connectivity index (χ0) is 11.8. The molecule has 1 aliphatic heterocycles. The Balaban J connectivity index is 1.94. The largest absolute Gasteiger partial charge is 0.338 e. The highest BCUT2D eigenvalue weighted by atomic mass is 16.2. The minimum atomic E-state index is -0.118. The van der Waals surface area contributed by atoms with Crippen molar-refractivity contribution in [2.75, 3.05) is 5.32 Å². The molecule has 0 bridgehead atoms. The third-order valence-electron chi connectivity index (χ3n) is 3.22. The van der Waals surface area contributed by atoms with E-state index >= 15 is 0 Å². The third kappa shape index (κ3) is 1.62. The smallest absolute Gasteiger partial charge is 0.232 e. The predicted molar refractivity (Wildman–Crippen MR) is 64.7 cm³/mol. The molecule has 2 aromatic rings. The van der Waals surface area contributed by atoms with Crippen molar-refractivity contribution in [3.63, 3.8) is 0 Å². The summed E-state index contributed by atoms with van der Waals surface area (Å²) >= 11 is 0. The molecule has 17 heavy (non-hydrogen) atoms. The fraction of sp³-hybridized carbons (Fsp3) is 0.231. The van der Waals surface area contributed by atoms with Crippen LogP contribution in [0.3, 0.4) is 0 Å². The van der Waals surface area contributed by atoms with Crippen LogP contribution in [0.15, 0.2) is 36.7 Å². The number of carbonyl (C=O) groups is 1. The van der Waals surface area contributed by atoms with Gasteiger partial charge in [0.25, 0.3) is 0 Å². The summed E-state index contributed by atoms with van der Waals surface area (Å²) in [5.74, 6) is 0.878. The normalized spacial score (nSPS) is 17.9. The Kier molecular flexibility index (Phi) is 2.21. The summed E-state index contributed by atoms with van der Waals surface area (Å²) in [6.07, 6.45) is 4.30. The van der Waals surface area contributed by atoms with Gasteiger partial charge in [-0.2, -0.15) is 0 Å². The molecular weight excluding hydrogens is 214 g/mol. The van der Waals surface area contributed by atoms with E-state index in [-0.39, 0.29) is 11.8 Å². The van der Waals surface area contributed by atoms with E-state index in [1.54, 1.807) is 6.20 Å². The van der Waals surface area contributed by atoms with Crippen molar-refractivity contribution in [2.24, 2.45) is 7.05 Å². The zero-order valence-electron chi connectivity index (χ0n) is 9.55. The number of rotatable bonds is 2. The number of benzene rings is 1. The number of amides is 1. The van der Waals surface area contributed by atoms with Gasteiger partial charge in [0.05, 0.1) is 5.92 Å². The molecule has 0 aliphatic carbocycles. The number of anilines is 1. The first-order valence-electron chi connectivity index (χ1n) is 5.61. The van der Waals surface area contributed by atoms with Gasteiger partial charge in [0.2, 0.25) is 5.91 Å². The lowest BCUT2D eigenvalue weighted by molar-refractivity contribution is -0.117. The minimum Gasteiger partial charge on any atom is -0.338 e. The van der Waals surface area contributed by atoms with Crippen molar-refractivity contribution >= 4 is 11.6 Å². The van der Waals surface area contributed by atoms with E-state index in [1.807, 2.05) is 42.1 Å². The summed E-state index contributed by atoms with van der Waals surface area (Å²) in [5.41, 5.74) is 2.00. The van der Waals surface area contributed by atoms with Crippen molar-refractivity contribution in [3.05, 3.63) is 48.0 Å². The number of fused-ring (bicyclic) bond motifs is 1. The summed E-state index contributed by atoms with van der Waals surface area (Å²) in [6, 6.07) is 7.83. The molecule has 86 valence electrons. The SMILES string of the molecule is Cn1ccnc1C[C@@H]1C(=O)Nc2ccccc21. The number of para-hydroxylation sites is 1. The molecule has 2 heterocycles. The minimum absolute atomic E-state index is 0.0641. The number of hydrogen-bond acceptors (Lipinski definition) is 2. The number of nitrogens with zero attached hydrogens (tertiary/aromatic N) is 2. The van der Waals surface area contributed by atoms with Crippen LogP contribution in [0.4, 0.5) is 5.69 Å². The van der Waals surface area contributed by atoms with Crippen LogP contribution in [0.5, 0.6) is 0 Å². The molecule has 0 unspecified atom stereocenters. The molecule has 1 N–H and O–H groups in total. The van der Waals surface area contributed by atoms with Gasteiger partial charge in [-0.3, -0.25) is 4.79 Å². The summed E-state index contributed by atoms with van der Waals surface area (Å²) in [5, 5.41) is 2.90. The summed E-state index contributed by atoms with van der Waals surface area (Å²) in [6.45, 7) is 0. The highest BCUT2D eigenvalue weighted by Crippen LogP contribution is 2.33. The van der Waals surface area contributed by atoms with Crippen molar-refractivity contribution in [1.82, 2.24) is 9.55 Å². The van der Waals surface area contributed by atoms with Crippen LogP contribution >= 0.6 is 0 Å². The van der Waals surface area contributed by atoms with Crippen molar-refractivity contribution < 1.29 is 4.79 Å². The second kappa shape index (κ2) is 3.73. The van der Waals surface area contributed by atoms with Gasteiger partial charge in [-0.05, 0) is 11.6 Å². The molecule has 4 nitrogen and oxygen atoms in total. The van der Waals surface area contributed by atoms with Crippen LogP contribution in [0.25, 0.3) is 0 Å². The summed E-state index contributed by atoms with van der Waals surface area (Å²) in [7, 11) is 1.95. The van der Waals surface area contributed by atoms with Crippen LogP contribution in [0.1, 0.15) is 17.3 Å². The van der Waals surface area contributed by atoms with Gasteiger partial charge in [-0.1, -0.05) is 18.2 Å². The number of carbonyl (C=O) groups excluding carboxylic acids is 1. The summed E-state index contributed by atoms with van der Waals surface area (Å²) < 4.78 is 1.95. The second-order valence-corrected chi connectivity index (χ2v) is 4.29. The molecule has 0 saturated carbocycles. The fourth-order valence-electron chi connectivity index (χ4n) is 2.25. The Bertz CT molecular complexity index is 574. The van der Waals surface area contributed by atoms with E-state index < -0.39 is 0 Å². The van der Waals surface area contributed by atoms with E-state index in [2.05, 4.69) is 10.3 Å². The highest BCUT2D eigenvalue weighted by Gasteiger charge is 2.30. The van der Waals surface area contributed by atoms with Crippen molar-refractivity contribution in [1.29, 1.82) is 0 Å². The molecule has 0 saturated heterocycles. The van der Waals surface area contributed by atoms with E-state index in [0.717, 1.165) is 17.1 Å². The Morgan fingerprint density at radius 3 is 3.00 bits per heavy atom. The van der Waals surface area contributed by atoms with Gasteiger partial charge in [-0.25, -0.2) is 4.98 Å². The van der Waals surface area contributed by atoms with Gasteiger partial charge >= 0.3 is 0 Å². The van der Waals surface area contributed by atoms with E-state index in [0.29, 0.717) is 6.42 Å². The lowest BCUT2D eigenvalue weighted by Gasteiger charge is -2.08. The lowest BCUT2D eigenvalue weighted by atomic mass is 9.97. The molecule has 0 fully saturated rings. The van der Waals surface area contributed by atoms with Gasteiger partial charge in [0.15, 0.2) is 0 Å². The maximum Gasteiger partial charge on any atom is 0.232 e. The van der Waals surface area contributed by atoms with Crippen LogP contribution in [-0.4, -0.2) is 15.5 Å². The topological polar surface area (TPSA) is 46.9 Å². The van der Waals surface area contributed by atoms with Gasteiger partial charge in [0, 0.05) is 31.5 Å². The average molecular weight is 227 g/mol. The molecule has 1 aliphatic rings. The van der Waals surface area contributed by atoms with Crippen LogP contribution < -0.4 is 5.32 Å². The lowest BCUT2D eigenvalue weighted by Crippen LogP contribution is -2.16.